The highest BCUT2D eigenvalue weighted by Crippen LogP contribution is 2.20. The molecule has 0 aliphatic carbocycles. The molecule has 1 heterocycles. The summed E-state index contributed by atoms with van der Waals surface area (Å²) in [6, 6.07) is 9.96. The highest BCUT2D eigenvalue weighted by Gasteiger charge is 2.11. The summed E-state index contributed by atoms with van der Waals surface area (Å²) in [5.74, 6) is 0.266. The summed E-state index contributed by atoms with van der Waals surface area (Å²) in [7, 11) is 1.61. The maximum Gasteiger partial charge on any atom is 0.230 e. The molecule has 1 aromatic carbocycles. The zero-order chi connectivity index (χ0) is 14.4. The first kappa shape index (κ1) is 14.6. The number of carbonyl (C=O) groups is 1. The molecular weight excluding hydrogens is 274 g/mol. The van der Waals surface area contributed by atoms with Crippen LogP contribution >= 0.6 is 11.8 Å². The molecule has 0 bridgehead atoms. The van der Waals surface area contributed by atoms with Gasteiger partial charge in [-0.15, -0.1) is 0 Å². The van der Waals surface area contributed by atoms with Crippen LogP contribution in [0.3, 0.4) is 0 Å². The fourth-order valence-corrected chi connectivity index (χ4v) is 2.64. The predicted molar refractivity (Wildman–Crippen MR) is 78.5 cm³/mol. The predicted octanol–water partition coefficient (Wildman–Crippen LogP) is 1.26. The minimum absolute atomic E-state index is 0.0465. The Labute approximate surface area is 122 Å². The standard InChI is InChI=1S/C14H17N3O2S/c1-15-13(19)10-20-14-16-7-12(9-18)17(14)8-11-5-3-2-4-6-11/h2-7,18H,8-10H2,1H3,(H,15,19). The molecular formula is C14H17N3O2S. The molecule has 0 saturated heterocycles. The van der Waals surface area contributed by atoms with Gasteiger partial charge < -0.3 is 15.0 Å². The quantitative estimate of drug-likeness (QED) is 0.786. The molecule has 2 rings (SSSR count). The van der Waals surface area contributed by atoms with E-state index < -0.39 is 0 Å². The van der Waals surface area contributed by atoms with E-state index in [1.807, 2.05) is 34.9 Å². The molecule has 2 aromatic rings. The summed E-state index contributed by atoms with van der Waals surface area (Å²) in [5.41, 5.74) is 1.87. The van der Waals surface area contributed by atoms with Crippen molar-refractivity contribution >= 4 is 17.7 Å². The van der Waals surface area contributed by atoms with E-state index in [1.165, 1.54) is 11.8 Å². The lowest BCUT2D eigenvalue weighted by Gasteiger charge is -2.10. The third kappa shape index (κ3) is 3.61. The van der Waals surface area contributed by atoms with Crippen molar-refractivity contribution < 1.29 is 9.90 Å². The number of imidazole rings is 1. The van der Waals surface area contributed by atoms with E-state index in [4.69, 9.17) is 0 Å². The van der Waals surface area contributed by atoms with Crippen molar-refractivity contribution in [1.82, 2.24) is 14.9 Å². The lowest BCUT2D eigenvalue weighted by molar-refractivity contribution is -0.118. The fraction of sp³-hybridized carbons (Fsp3) is 0.286. The Bertz CT molecular complexity index is 569. The summed E-state index contributed by atoms with van der Waals surface area (Å²) in [6.45, 7) is 0.563. The van der Waals surface area contributed by atoms with Crippen LogP contribution in [-0.2, 0) is 17.9 Å². The molecule has 0 spiro atoms. The van der Waals surface area contributed by atoms with E-state index >= 15 is 0 Å². The van der Waals surface area contributed by atoms with Gasteiger partial charge in [0.05, 0.1) is 24.3 Å². The van der Waals surface area contributed by atoms with Gasteiger partial charge >= 0.3 is 0 Å². The first-order valence-electron chi connectivity index (χ1n) is 6.27. The Kier molecular flexibility index (Phi) is 5.20. The third-order valence-electron chi connectivity index (χ3n) is 2.86. The number of aliphatic hydroxyl groups is 1. The van der Waals surface area contributed by atoms with E-state index in [0.29, 0.717) is 12.3 Å². The summed E-state index contributed by atoms with van der Waals surface area (Å²) >= 11 is 1.36. The molecule has 0 aliphatic rings. The topological polar surface area (TPSA) is 67.2 Å². The van der Waals surface area contributed by atoms with Crippen LogP contribution in [0.4, 0.5) is 0 Å². The van der Waals surface area contributed by atoms with Crippen LogP contribution in [0.1, 0.15) is 11.3 Å². The lowest BCUT2D eigenvalue weighted by Crippen LogP contribution is -2.20. The summed E-state index contributed by atoms with van der Waals surface area (Å²) in [4.78, 5) is 15.6. The van der Waals surface area contributed by atoms with Crippen molar-refractivity contribution in [3.8, 4) is 0 Å². The highest BCUT2D eigenvalue weighted by molar-refractivity contribution is 7.99. The van der Waals surface area contributed by atoms with Crippen molar-refractivity contribution in [2.45, 2.75) is 18.3 Å². The smallest absolute Gasteiger partial charge is 0.230 e. The maximum absolute atomic E-state index is 11.3. The zero-order valence-electron chi connectivity index (χ0n) is 11.2. The first-order valence-corrected chi connectivity index (χ1v) is 7.25. The number of rotatable bonds is 6. The van der Waals surface area contributed by atoms with E-state index in [9.17, 15) is 9.90 Å². The molecule has 106 valence electrons. The molecule has 0 radical (unpaired) electrons. The average Bonchev–Trinajstić information content (AvgIpc) is 2.87. The molecule has 20 heavy (non-hydrogen) atoms. The first-order chi connectivity index (χ1) is 9.74. The second-order valence-electron chi connectivity index (χ2n) is 4.22. The Morgan fingerprint density at radius 3 is 2.80 bits per heavy atom. The largest absolute Gasteiger partial charge is 0.390 e. The average molecular weight is 291 g/mol. The molecule has 0 fully saturated rings. The maximum atomic E-state index is 11.3. The van der Waals surface area contributed by atoms with Crippen molar-refractivity contribution in [3.05, 3.63) is 47.8 Å². The van der Waals surface area contributed by atoms with E-state index in [1.54, 1.807) is 13.2 Å². The summed E-state index contributed by atoms with van der Waals surface area (Å²) in [5, 5.41) is 12.7. The second-order valence-corrected chi connectivity index (χ2v) is 5.17. The van der Waals surface area contributed by atoms with Crippen molar-refractivity contribution in [3.63, 3.8) is 0 Å². The number of hydrogen-bond acceptors (Lipinski definition) is 4. The number of amides is 1. The molecule has 1 aromatic heterocycles. The summed E-state index contributed by atoms with van der Waals surface area (Å²) < 4.78 is 1.93. The van der Waals surface area contributed by atoms with Crippen LogP contribution in [-0.4, -0.2) is 33.4 Å². The van der Waals surface area contributed by atoms with Gasteiger partial charge in [0.25, 0.3) is 0 Å². The number of aromatic nitrogens is 2. The minimum atomic E-state index is -0.0691. The van der Waals surface area contributed by atoms with Crippen LogP contribution < -0.4 is 5.32 Å². The van der Waals surface area contributed by atoms with Gasteiger partial charge in [0.1, 0.15) is 0 Å². The zero-order valence-corrected chi connectivity index (χ0v) is 12.1. The molecule has 0 unspecified atom stereocenters. The van der Waals surface area contributed by atoms with Crippen molar-refractivity contribution in [2.24, 2.45) is 0 Å². The number of hydrogen-bond donors (Lipinski definition) is 2. The van der Waals surface area contributed by atoms with Gasteiger partial charge in [-0.1, -0.05) is 42.1 Å². The molecule has 0 atom stereocenters. The molecule has 0 aliphatic heterocycles. The molecule has 2 N–H and O–H groups in total. The molecule has 6 heteroatoms. The van der Waals surface area contributed by atoms with E-state index in [0.717, 1.165) is 16.4 Å². The molecule has 0 saturated carbocycles. The Balaban J connectivity index is 2.17. The number of aliphatic hydroxyl groups excluding tert-OH is 1. The monoisotopic (exact) mass is 291 g/mol. The number of nitrogens with one attached hydrogen (secondary N) is 1. The van der Waals surface area contributed by atoms with Crippen LogP contribution in [0, 0.1) is 0 Å². The molecule has 1 amide bonds. The van der Waals surface area contributed by atoms with Gasteiger partial charge in [0, 0.05) is 13.6 Å². The summed E-state index contributed by atoms with van der Waals surface area (Å²) in [6.07, 6.45) is 1.65. The van der Waals surface area contributed by atoms with Crippen LogP contribution in [0.2, 0.25) is 0 Å². The van der Waals surface area contributed by atoms with Gasteiger partial charge in [0.15, 0.2) is 5.16 Å². The van der Waals surface area contributed by atoms with Gasteiger partial charge in [-0.05, 0) is 5.56 Å². The number of thioether (sulfide) groups is 1. The van der Waals surface area contributed by atoms with Crippen LogP contribution in [0.5, 0.6) is 0 Å². The van der Waals surface area contributed by atoms with Crippen molar-refractivity contribution in [1.29, 1.82) is 0 Å². The number of carbonyl (C=O) groups excluding carboxylic acids is 1. The minimum Gasteiger partial charge on any atom is -0.390 e. The third-order valence-corrected chi connectivity index (χ3v) is 3.85. The Hall–Kier alpha value is -1.79. The fourth-order valence-electron chi connectivity index (χ4n) is 1.77. The highest BCUT2D eigenvalue weighted by atomic mass is 32.2. The lowest BCUT2D eigenvalue weighted by atomic mass is 10.2. The van der Waals surface area contributed by atoms with Gasteiger partial charge in [-0.3, -0.25) is 4.79 Å². The van der Waals surface area contributed by atoms with E-state index in [2.05, 4.69) is 10.3 Å². The van der Waals surface area contributed by atoms with Gasteiger partial charge in [0.2, 0.25) is 5.91 Å². The Morgan fingerprint density at radius 2 is 2.15 bits per heavy atom. The van der Waals surface area contributed by atoms with Gasteiger partial charge in [-0.2, -0.15) is 0 Å². The SMILES string of the molecule is CNC(=O)CSc1ncc(CO)n1Cc1ccccc1. The van der Waals surface area contributed by atoms with Gasteiger partial charge in [-0.25, -0.2) is 4.98 Å². The second kappa shape index (κ2) is 7.12. The van der Waals surface area contributed by atoms with Crippen molar-refractivity contribution in [2.75, 3.05) is 12.8 Å². The van der Waals surface area contributed by atoms with Crippen LogP contribution in [0.25, 0.3) is 0 Å². The molecule has 5 nitrogen and oxygen atoms in total. The normalized spacial score (nSPS) is 10.5. The van der Waals surface area contributed by atoms with Crippen LogP contribution in [0.15, 0.2) is 41.7 Å². The Morgan fingerprint density at radius 1 is 1.40 bits per heavy atom. The number of nitrogens with zero attached hydrogens (tertiary/aromatic N) is 2. The van der Waals surface area contributed by atoms with E-state index in [-0.39, 0.29) is 12.5 Å². The number of benzene rings is 1.